The van der Waals surface area contributed by atoms with Crippen LogP contribution in [0.15, 0.2) is 21.5 Å². The standard InChI is InChI=1S/C25H29BrN4O4/c1-4-16-13-15(3)14-17(5-2)19(16)21-23(31)29-9-11-33-12-10-30(29)24(21)34-25(32)20-18-7-6-8-28(18)27-22(20)26/h13-14H,4-12H2,1-3H3. The monoisotopic (exact) mass is 528 g/mol. The van der Waals surface area contributed by atoms with Crippen LogP contribution in [0.4, 0.5) is 0 Å². The number of benzene rings is 1. The summed E-state index contributed by atoms with van der Waals surface area (Å²) in [6.45, 7) is 8.75. The van der Waals surface area contributed by atoms with Gasteiger partial charge in [-0.15, -0.1) is 0 Å². The third-order valence-corrected chi connectivity index (χ3v) is 7.29. The van der Waals surface area contributed by atoms with Gasteiger partial charge in [-0.25, -0.2) is 14.2 Å². The van der Waals surface area contributed by atoms with Crippen molar-refractivity contribution in [2.45, 2.75) is 66.1 Å². The van der Waals surface area contributed by atoms with Gasteiger partial charge >= 0.3 is 5.97 Å². The first kappa shape index (κ1) is 23.1. The lowest BCUT2D eigenvalue weighted by Crippen LogP contribution is -2.24. The molecule has 0 atom stereocenters. The van der Waals surface area contributed by atoms with Crippen LogP contribution in [0.25, 0.3) is 11.1 Å². The summed E-state index contributed by atoms with van der Waals surface area (Å²) in [6, 6.07) is 4.24. The summed E-state index contributed by atoms with van der Waals surface area (Å²) in [5.41, 5.74) is 5.83. The number of hydrogen-bond acceptors (Lipinski definition) is 5. The van der Waals surface area contributed by atoms with Gasteiger partial charge in [-0.1, -0.05) is 31.5 Å². The summed E-state index contributed by atoms with van der Waals surface area (Å²) in [5, 5.41) is 4.45. The summed E-state index contributed by atoms with van der Waals surface area (Å²) in [7, 11) is 0. The third-order valence-electron chi connectivity index (χ3n) is 6.73. The highest BCUT2D eigenvalue weighted by molar-refractivity contribution is 9.10. The van der Waals surface area contributed by atoms with E-state index < -0.39 is 5.97 Å². The van der Waals surface area contributed by atoms with Crippen molar-refractivity contribution in [2.24, 2.45) is 0 Å². The molecule has 2 aliphatic heterocycles. The number of aromatic nitrogens is 4. The van der Waals surface area contributed by atoms with Crippen molar-refractivity contribution in [1.82, 2.24) is 19.1 Å². The topological polar surface area (TPSA) is 80.3 Å². The van der Waals surface area contributed by atoms with Crippen LogP contribution in [0, 0.1) is 6.92 Å². The van der Waals surface area contributed by atoms with Gasteiger partial charge in [0.1, 0.15) is 15.7 Å². The predicted octanol–water partition coefficient (Wildman–Crippen LogP) is 3.90. The summed E-state index contributed by atoms with van der Waals surface area (Å²) in [6.07, 6.45) is 3.26. The first-order valence-electron chi connectivity index (χ1n) is 12.0. The molecule has 0 spiro atoms. The fraction of sp³-hybridized carbons (Fsp3) is 0.480. The summed E-state index contributed by atoms with van der Waals surface area (Å²) >= 11 is 3.44. The number of ether oxygens (including phenoxy) is 2. The molecule has 0 saturated heterocycles. The lowest BCUT2D eigenvalue weighted by Gasteiger charge is -2.16. The van der Waals surface area contributed by atoms with E-state index in [1.54, 1.807) is 9.36 Å². The molecule has 0 amide bonds. The second-order valence-electron chi connectivity index (χ2n) is 8.84. The van der Waals surface area contributed by atoms with Crippen LogP contribution < -0.4 is 10.3 Å². The van der Waals surface area contributed by atoms with Gasteiger partial charge in [0.2, 0.25) is 5.88 Å². The van der Waals surface area contributed by atoms with Crippen LogP contribution in [0.1, 0.15) is 53.0 Å². The zero-order valence-corrected chi connectivity index (χ0v) is 21.4. The summed E-state index contributed by atoms with van der Waals surface area (Å²) < 4.78 is 17.5. The van der Waals surface area contributed by atoms with E-state index in [-0.39, 0.29) is 5.56 Å². The summed E-state index contributed by atoms with van der Waals surface area (Å²) in [5.74, 6) is -0.204. The average molecular weight is 529 g/mol. The molecule has 0 bridgehead atoms. The van der Waals surface area contributed by atoms with Crippen LogP contribution in [0.5, 0.6) is 5.88 Å². The molecule has 180 valence electrons. The second kappa shape index (κ2) is 9.19. The lowest BCUT2D eigenvalue weighted by atomic mass is 9.91. The van der Waals surface area contributed by atoms with Gasteiger partial charge in [-0.3, -0.25) is 9.48 Å². The number of rotatable bonds is 5. The number of carbonyl (C=O) groups is 1. The second-order valence-corrected chi connectivity index (χ2v) is 9.59. The molecule has 34 heavy (non-hydrogen) atoms. The molecular formula is C25H29BrN4O4. The molecule has 0 unspecified atom stereocenters. The van der Waals surface area contributed by atoms with E-state index in [1.165, 1.54) is 0 Å². The van der Waals surface area contributed by atoms with Crippen LogP contribution in [0.3, 0.4) is 0 Å². The Morgan fingerprint density at radius 3 is 2.44 bits per heavy atom. The third kappa shape index (κ3) is 3.75. The van der Waals surface area contributed by atoms with Crippen molar-refractivity contribution in [1.29, 1.82) is 0 Å². The molecule has 0 radical (unpaired) electrons. The Balaban J connectivity index is 1.71. The number of halogens is 1. The van der Waals surface area contributed by atoms with Crippen molar-refractivity contribution in [2.75, 3.05) is 13.2 Å². The molecule has 1 aromatic carbocycles. The number of fused-ring (bicyclic) bond motifs is 2. The van der Waals surface area contributed by atoms with Crippen molar-refractivity contribution >= 4 is 21.9 Å². The Kier molecular flexibility index (Phi) is 6.24. The Morgan fingerprint density at radius 1 is 1.09 bits per heavy atom. The van der Waals surface area contributed by atoms with E-state index in [0.29, 0.717) is 47.9 Å². The molecule has 2 aromatic heterocycles. The molecule has 8 nitrogen and oxygen atoms in total. The van der Waals surface area contributed by atoms with Crippen LogP contribution in [-0.4, -0.2) is 38.3 Å². The SMILES string of the molecule is CCc1cc(C)cc(CC)c1-c1c(OC(=O)c2c(Br)nn3c2CCC3)n2n(c1=O)CCOCC2. The lowest BCUT2D eigenvalue weighted by molar-refractivity contribution is 0.0712. The van der Waals surface area contributed by atoms with Gasteiger partial charge in [0, 0.05) is 6.54 Å². The number of hydrogen-bond donors (Lipinski definition) is 0. The maximum Gasteiger partial charge on any atom is 0.349 e. The number of aryl methyl sites for hydroxylation is 4. The van der Waals surface area contributed by atoms with Crippen molar-refractivity contribution < 1.29 is 14.3 Å². The largest absolute Gasteiger partial charge is 0.403 e. The number of esters is 1. The minimum Gasteiger partial charge on any atom is -0.403 e. The fourth-order valence-electron chi connectivity index (χ4n) is 5.20. The van der Waals surface area contributed by atoms with E-state index >= 15 is 0 Å². The Bertz CT molecular complexity index is 1310. The predicted molar refractivity (Wildman–Crippen MR) is 132 cm³/mol. The molecule has 2 aliphatic rings. The zero-order valence-electron chi connectivity index (χ0n) is 19.8. The average Bonchev–Trinajstić information content (AvgIpc) is 3.37. The van der Waals surface area contributed by atoms with E-state index in [4.69, 9.17) is 9.47 Å². The normalized spacial score (nSPS) is 15.2. The molecule has 9 heteroatoms. The quantitative estimate of drug-likeness (QED) is 0.469. The Morgan fingerprint density at radius 2 is 1.76 bits per heavy atom. The van der Waals surface area contributed by atoms with E-state index in [2.05, 4.69) is 53.9 Å². The zero-order chi connectivity index (χ0) is 24.0. The molecule has 5 rings (SSSR count). The highest BCUT2D eigenvalue weighted by atomic mass is 79.9. The van der Waals surface area contributed by atoms with Crippen LogP contribution in [0.2, 0.25) is 0 Å². The van der Waals surface area contributed by atoms with Crippen LogP contribution >= 0.6 is 15.9 Å². The maximum absolute atomic E-state index is 13.8. The van der Waals surface area contributed by atoms with E-state index in [1.807, 2.05) is 4.68 Å². The highest BCUT2D eigenvalue weighted by Crippen LogP contribution is 2.36. The van der Waals surface area contributed by atoms with E-state index in [0.717, 1.165) is 60.2 Å². The van der Waals surface area contributed by atoms with Crippen LogP contribution in [-0.2, 0) is 43.6 Å². The molecular weight excluding hydrogens is 500 g/mol. The molecule has 0 aliphatic carbocycles. The summed E-state index contributed by atoms with van der Waals surface area (Å²) in [4.78, 5) is 27.3. The smallest absolute Gasteiger partial charge is 0.349 e. The van der Waals surface area contributed by atoms with Gasteiger partial charge in [-0.2, -0.15) is 5.10 Å². The van der Waals surface area contributed by atoms with Gasteiger partial charge < -0.3 is 9.47 Å². The van der Waals surface area contributed by atoms with Crippen molar-refractivity contribution in [3.05, 3.63) is 55.0 Å². The Labute approximate surface area is 206 Å². The molecule has 3 aromatic rings. The first-order valence-corrected chi connectivity index (χ1v) is 12.7. The highest BCUT2D eigenvalue weighted by Gasteiger charge is 2.32. The van der Waals surface area contributed by atoms with Gasteiger partial charge in [-0.05, 0) is 65.2 Å². The van der Waals surface area contributed by atoms with Gasteiger partial charge in [0.25, 0.3) is 5.56 Å². The van der Waals surface area contributed by atoms with Gasteiger partial charge in [0.15, 0.2) is 0 Å². The minimum atomic E-state index is -0.495. The number of nitrogens with zero attached hydrogens (tertiary/aromatic N) is 4. The van der Waals surface area contributed by atoms with E-state index in [9.17, 15) is 9.59 Å². The fourth-order valence-corrected chi connectivity index (χ4v) is 5.78. The maximum atomic E-state index is 13.8. The minimum absolute atomic E-state index is 0.152. The number of carbonyl (C=O) groups excluding carboxylic acids is 1. The molecule has 4 heterocycles. The molecule has 0 N–H and O–H groups in total. The first-order chi connectivity index (χ1) is 16.4. The van der Waals surface area contributed by atoms with Crippen molar-refractivity contribution in [3.63, 3.8) is 0 Å². The van der Waals surface area contributed by atoms with Gasteiger partial charge in [0.05, 0.1) is 32.0 Å². The Hall–Kier alpha value is -2.65. The van der Waals surface area contributed by atoms with Crippen molar-refractivity contribution in [3.8, 4) is 17.0 Å². The molecule has 0 fully saturated rings. The molecule has 0 saturated carbocycles.